The van der Waals surface area contributed by atoms with E-state index in [1.165, 1.54) is 0 Å². The van der Waals surface area contributed by atoms with Crippen molar-refractivity contribution in [2.75, 3.05) is 0 Å². The molecule has 0 aliphatic heterocycles. The van der Waals surface area contributed by atoms with E-state index in [1.807, 2.05) is 49.4 Å². The molecule has 2 aromatic heterocycles. The fraction of sp³-hybridized carbons (Fsp3) is 0.0714. The summed E-state index contributed by atoms with van der Waals surface area (Å²) in [5.41, 5.74) is 3.64. The quantitative estimate of drug-likeness (QED) is 0.285. The molecule has 0 radical (unpaired) electrons. The molecule has 0 aliphatic rings. The van der Waals surface area contributed by atoms with E-state index in [9.17, 15) is 9.59 Å². The van der Waals surface area contributed by atoms with E-state index in [0.29, 0.717) is 39.2 Å². The Labute approximate surface area is 195 Å². The van der Waals surface area contributed by atoms with Crippen molar-refractivity contribution in [1.82, 2.24) is 4.57 Å². The molecule has 0 bridgehead atoms. The van der Waals surface area contributed by atoms with Gasteiger partial charge in [0.2, 0.25) is 5.78 Å². The van der Waals surface area contributed by atoms with Crippen LogP contribution in [0.2, 0.25) is 5.02 Å². The number of furan rings is 1. The molecule has 33 heavy (non-hydrogen) atoms. The fourth-order valence-corrected chi connectivity index (χ4v) is 4.19. The monoisotopic (exact) mass is 453 g/mol. The number of nitrogens with zero attached hydrogens (tertiary/aromatic N) is 1. The highest BCUT2D eigenvalue weighted by Gasteiger charge is 2.26. The van der Waals surface area contributed by atoms with Gasteiger partial charge in [0.1, 0.15) is 5.58 Å². The maximum Gasteiger partial charge on any atom is 0.262 e. The second-order valence-corrected chi connectivity index (χ2v) is 8.35. The number of ketones is 1. The van der Waals surface area contributed by atoms with Crippen LogP contribution in [0.5, 0.6) is 0 Å². The zero-order valence-corrected chi connectivity index (χ0v) is 18.7. The summed E-state index contributed by atoms with van der Waals surface area (Å²) in [6.45, 7) is 2.29. The number of fused-ring (bicyclic) bond motifs is 1. The second-order valence-electron chi connectivity index (χ2n) is 7.91. The number of aromatic nitrogens is 1. The third-order valence-corrected chi connectivity index (χ3v) is 5.97. The molecule has 0 atom stereocenters. The van der Waals surface area contributed by atoms with Gasteiger partial charge in [-0.3, -0.25) is 9.59 Å². The van der Waals surface area contributed by atoms with Gasteiger partial charge in [0.25, 0.3) is 5.56 Å². The van der Waals surface area contributed by atoms with Crippen LogP contribution >= 0.6 is 11.6 Å². The topological polar surface area (TPSA) is 52.2 Å². The van der Waals surface area contributed by atoms with Gasteiger partial charge in [-0.25, -0.2) is 0 Å². The van der Waals surface area contributed by atoms with Gasteiger partial charge in [-0.15, -0.1) is 0 Å². The largest absolute Gasteiger partial charge is 0.452 e. The van der Waals surface area contributed by atoms with Crippen LogP contribution in [-0.4, -0.2) is 10.4 Å². The molecule has 0 aliphatic carbocycles. The van der Waals surface area contributed by atoms with Gasteiger partial charge in [0.05, 0.1) is 11.9 Å². The molecule has 2 heterocycles. The van der Waals surface area contributed by atoms with E-state index in [0.717, 1.165) is 11.3 Å². The van der Waals surface area contributed by atoms with E-state index in [2.05, 4.69) is 0 Å². The van der Waals surface area contributed by atoms with Gasteiger partial charge in [0.15, 0.2) is 5.76 Å². The van der Waals surface area contributed by atoms with Gasteiger partial charge in [-0.2, -0.15) is 0 Å². The van der Waals surface area contributed by atoms with E-state index < -0.39 is 0 Å². The fourth-order valence-electron chi connectivity index (χ4n) is 4.06. The molecule has 0 amide bonds. The number of rotatable bonds is 5. The molecule has 5 rings (SSSR count). The van der Waals surface area contributed by atoms with Crippen molar-refractivity contribution in [1.29, 1.82) is 0 Å². The van der Waals surface area contributed by atoms with Gasteiger partial charge in [0, 0.05) is 27.9 Å². The molecule has 5 heteroatoms. The van der Waals surface area contributed by atoms with Crippen LogP contribution in [0, 0.1) is 6.92 Å². The first-order chi connectivity index (χ1) is 16.0. The van der Waals surface area contributed by atoms with E-state index in [-0.39, 0.29) is 17.1 Å². The zero-order chi connectivity index (χ0) is 22.9. The lowest BCUT2D eigenvalue weighted by Crippen LogP contribution is -2.23. The molecule has 4 nitrogen and oxygen atoms in total. The SMILES string of the molecule is Cc1cc2oc(C(=O)c3ccccc3)c(-c3ccc(Cl)cc3)c2c(=O)n1Cc1ccccc1. The molecular weight excluding hydrogens is 434 g/mol. The maximum atomic E-state index is 13.8. The first-order valence-corrected chi connectivity index (χ1v) is 11.0. The van der Waals surface area contributed by atoms with Crippen molar-refractivity contribution in [2.45, 2.75) is 13.5 Å². The summed E-state index contributed by atoms with van der Waals surface area (Å²) in [7, 11) is 0. The molecule has 0 saturated heterocycles. The van der Waals surface area contributed by atoms with Gasteiger partial charge in [-0.1, -0.05) is 84.4 Å². The Morgan fingerprint density at radius 3 is 2.21 bits per heavy atom. The standard InChI is InChI=1S/C28H20ClNO3/c1-18-16-23-25(28(32)30(18)17-19-8-4-2-5-9-19)24(20-12-14-22(29)15-13-20)27(33-23)26(31)21-10-6-3-7-11-21/h2-16H,17H2,1H3. The number of carbonyl (C=O) groups is 1. The minimum absolute atomic E-state index is 0.146. The Morgan fingerprint density at radius 1 is 0.909 bits per heavy atom. The minimum atomic E-state index is -0.275. The summed E-state index contributed by atoms with van der Waals surface area (Å²) in [4.78, 5) is 27.2. The van der Waals surface area contributed by atoms with Gasteiger partial charge >= 0.3 is 0 Å². The third-order valence-electron chi connectivity index (χ3n) is 5.72. The van der Waals surface area contributed by atoms with Crippen molar-refractivity contribution in [2.24, 2.45) is 0 Å². The molecule has 162 valence electrons. The highest BCUT2D eigenvalue weighted by Crippen LogP contribution is 2.35. The number of aryl methyl sites for hydroxylation is 1. The average Bonchev–Trinajstić information content (AvgIpc) is 3.22. The average molecular weight is 454 g/mol. The van der Waals surface area contributed by atoms with Gasteiger partial charge in [-0.05, 0) is 30.2 Å². The van der Waals surface area contributed by atoms with Crippen LogP contribution in [0.3, 0.4) is 0 Å². The Bertz CT molecular complexity index is 1520. The van der Waals surface area contributed by atoms with Crippen molar-refractivity contribution >= 4 is 28.4 Å². The Morgan fingerprint density at radius 2 is 1.55 bits per heavy atom. The number of hydrogen-bond donors (Lipinski definition) is 0. The van der Waals surface area contributed by atoms with Crippen molar-refractivity contribution < 1.29 is 9.21 Å². The lowest BCUT2D eigenvalue weighted by molar-refractivity contribution is 0.101. The summed E-state index contributed by atoms with van der Waals surface area (Å²) in [6.07, 6.45) is 0. The lowest BCUT2D eigenvalue weighted by Gasteiger charge is -2.11. The Kier molecular flexibility index (Phi) is 5.45. The number of hydrogen-bond acceptors (Lipinski definition) is 3. The van der Waals surface area contributed by atoms with E-state index >= 15 is 0 Å². The summed E-state index contributed by atoms with van der Waals surface area (Å²) >= 11 is 6.10. The molecule has 0 saturated carbocycles. The molecule has 0 fully saturated rings. The van der Waals surface area contributed by atoms with E-state index in [1.54, 1.807) is 53.1 Å². The van der Waals surface area contributed by atoms with E-state index in [4.69, 9.17) is 16.0 Å². The van der Waals surface area contributed by atoms with Crippen molar-refractivity contribution in [3.8, 4) is 11.1 Å². The predicted molar refractivity (Wildman–Crippen MR) is 131 cm³/mol. The summed E-state index contributed by atoms with van der Waals surface area (Å²) < 4.78 is 7.78. The number of benzene rings is 3. The highest BCUT2D eigenvalue weighted by atomic mass is 35.5. The minimum Gasteiger partial charge on any atom is -0.452 e. The predicted octanol–water partition coefficient (Wildman–Crippen LogP) is 6.50. The number of halogens is 1. The van der Waals surface area contributed by atoms with Crippen molar-refractivity contribution in [3.05, 3.63) is 129 Å². The van der Waals surface area contributed by atoms with Crippen LogP contribution in [-0.2, 0) is 6.54 Å². The maximum absolute atomic E-state index is 13.8. The highest BCUT2D eigenvalue weighted by molar-refractivity contribution is 6.30. The molecule has 5 aromatic rings. The van der Waals surface area contributed by atoms with Crippen LogP contribution in [0.4, 0.5) is 0 Å². The first kappa shape index (κ1) is 21.0. The second kappa shape index (κ2) is 8.57. The molecule has 0 unspecified atom stereocenters. The number of pyridine rings is 1. The van der Waals surface area contributed by atoms with Crippen LogP contribution in [0.25, 0.3) is 22.1 Å². The summed E-state index contributed by atoms with van der Waals surface area (Å²) in [5.74, 6) is -0.129. The molecule has 0 N–H and O–H groups in total. The normalized spacial score (nSPS) is 11.1. The van der Waals surface area contributed by atoms with Crippen LogP contribution < -0.4 is 5.56 Å². The first-order valence-electron chi connectivity index (χ1n) is 10.6. The Hall–Kier alpha value is -3.89. The summed E-state index contributed by atoms with van der Waals surface area (Å²) in [6, 6.07) is 27.6. The summed E-state index contributed by atoms with van der Waals surface area (Å²) in [5, 5.41) is 0.956. The van der Waals surface area contributed by atoms with Gasteiger partial charge < -0.3 is 8.98 Å². The zero-order valence-electron chi connectivity index (χ0n) is 17.9. The van der Waals surface area contributed by atoms with Crippen molar-refractivity contribution in [3.63, 3.8) is 0 Å². The third kappa shape index (κ3) is 3.90. The smallest absolute Gasteiger partial charge is 0.262 e. The molecule has 3 aromatic carbocycles. The molecule has 0 spiro atoms. The molecular formula is C28H20ClNO3. The van der Waals surface area contributed by atoms with Crippen LogP contribution in [0.1, 0.15) is 27.4 Å². The Balaban J connectivity index is 1.78. The lowest BCUT2D eigenvalue weighted by atomic mass is 9.98. The van der Waals surface area contributed by atoms with Crippen LogP contribution in [0.15, 0.2) is 100 Å². The number of carbonyl (C=O) groups excluding carboxylic acids is 1.